The average Bonchev–Trinajstić information content (AvgIpc) is 3.94. The highest BCUT2D eigenvalue weighted by molar-refractivity contribution is 7.29. The van der Waals surface area contributed by atoms with Gasteiger partial charge >= 0.3 is 0 Å². The molecule has 0 saturated carbocycles. The molecule has 0 fully saturated rings. The Morgan fingerprint density at radius 2 is 1.24 bits per heavy atom. The molecule has 1 aliphatic heterocycles. The molecule has 66 heavy (non-hydrogen) atoms. The summed E-state index contributed by atoms with van der Waals surface area (Å²) < 4.78 is 9.83. The lowest BCUT2D eigenvalue weighted by molar-refractivity contribution is 0.590. The van der Waals surface area contributed by atoms with E-state index in [2.05, 4.69) is 229 Å². The lowest BCUT2D eigenvalue weighted by Crippen LogP contribution is -2.39. The number of anilines is 5. The van der Waals surface area contributed by atoms with E-state index in [4.69, 9.17) is 4.42 Å². The third-order valence-corrected chi connectivity index (χ3v) is 15.6. The van der Waals surface area contributed by atoms with E-state index in [-0.39, 0.29) is 16.2 Å². The summed E-state index contributed by atoms with van der Waals surface area (Å²) in [5.41, 5.74) is 21.2. The van der Waals surface area contributed by atoms with E-state index in [1.807, 2.05) is 11.3 Å². The Labute approximate surface area is 393 Å². The number of nitrogens with zero attached hydrogens (tertiary/aromatic N) is 1. The van der Waals surface area contributed by atoms with Gasteiger partial charge in [0.15, 0.2) is 0 Å². The van der Waals surface area contributed by atoms with Gasteiger partial charge < -0.3 is 14.6 Å². The van der Waals surface area contributed by atoms with Gasteiger partial charge in [0, 0.05) is 60.0 Å². The largest absolute Gasteiger partial charge is 0.455 e. The van der Waals surface area contributed by atoms with Crippen LogP contribution in [0.4, 0.5) is 28.4 Å². The summed E-state index contributed by atoms with van der Waals surface area (Å²) in [7, 11) is 0.768. The lowest BCUT2D eigenvalue weighted by atomic mass is 9.61. The molecule has 322 valence electrons. The first kappa shape index (κ1) is 40.7. The van der Waals surface area contributed by atoms with Crippen molar-refractivity contribution in [1.82, 2.24) is 0 Å². The maximum Gasteiger partial charge on any atom is 0.211 e. The molecule has 12 rings (SSSR count). The summed E-state index contributed by atoms with van der Waals surface area (Å²) in [4.78, 5) is 2.61. The fourth-order valence-corrected chi connectivity index (χ4v) is 12.0. The quantitative estimate of drug-likeness (QED) is 0.175. The van der Waals surface area contributed by atoms with Crippen molar-refractivity contribution in [3.05, 3.63) is 186 Å². The van der Waals surface area contributed by atoms with E-state index in [1.165, 1.54) is 81.9 Å². The zero-order chi connectivity index (χ0) is 45.3. The van der Waals surface area contributed by atoms with E-state index < -0.39 is 0 Å². The Hall–Kier alpha value is -6.82. The number of furan rings is 1. The van der Waals surface area contributed by atoms with Crippen LogP contribution in [-0.4, -0.2) is 7.28 Å². The van der Waals surface area contributed by atoms with Gasteiger partial charge in [-0.1, -0.05) is 165 Å². The van der Waals surface area contributed by atoms with E-state index in [9.17, 15) is 0 Å². The number of nitrogens with one attached hydrogen (secondary N) is 1. The standard InChI is InChI=1S/C61H53BN2OS/c1-59(2,3)37-26-29-39(30-27-37)63-49-34-44-40-20-12-15-23-47(40)61(7,8)48(44)33-46(49)54-55-51(35-45-41-21-13-16-24-52(41)65-57(45)54)64(56-42-22-14-17-25-53(42)66-58(56)62-55)50-31-28-38(60(4,5)6)32-43(50)36-18-10-9-11-19-36/h9-35,62-63H,1-8H3. The van der Waals surface area contributed by atoms with Crippen molar-refractivity contribution in [2.24, 2.45) is 0 Å². The second-order valence-corrected chi connectivity index (χ2v) is 22.2. The first-order chi connectivity index (χ1) is 31.7. The van der Waals surface area contributed by atoms with Crippen molar-refractivity contribution in [1.29, 1.82) is 0 Å². The van der Waals surface area contributed by atoms with Crippen LogP contribution in [0.3, 0.4) is 0 Å². The van der Waals surface area contributed by atoms with E-state index in [1.54, 1.807) is 0 Å². The fraction of sp³-hybridized carbons (Fsp3) is 0.180. The van der Waals surface area contributed by atoms with Crippen LogP contribution in [-0.2, 0) is 16.2 Å². The molecule has 5 heteroatoms. The number of thiophene rings is 1. The molecule has 2 aromatic heterocycles. The van der Waals surface area contributed by atoms with Crippen LogP contribution < -0.4 is 20.5 Å². The van der Waals surface area contributed by atoms with Gasteiger partial charge in [0.2, 0.25) is 7.28 Å². The smallest absolute Gasteiger partial charge is 0.211 e. The molecule has 10 aromatic rings. The molecule has 8 aromatic carbocycles. The topological polar surface area (TPSA) is 28.4 Å². The number of hydrogen-bond acceptors (Lipinski definition) is 4. The van der Waals surface area contributed by atoms with Crippen LogP contribution in [0.15, 0.2) is 168 Å². The summed E-state index contributed by atoms with van der Waals surface area (Å²) in [6.07, 6.45) is 0. The number of rotatable bonds is 5. The molecule has 2 aliphatic rings. The first-order valence-electron chi connectivity index (χ1n) is 23.4. The number of benzene rings is 8. The highest BCUT2D eigenvalue weighted by Gasteiger charge is 2.39. The van der Waals surface area contributed by atoms with Crippen molar-refractivity contribution in [2.75, 3.05) is 10.2 Å². The minimum Gasteiger partial charge on any atom is -0.455 e. The second-order valence-electron chi connectivity index (χ2n) is 21.0. The molecule has 0 atom stereocenters. The fourth-order valence-electron chi connectivity index (χ4n) is 10.8. The normalized spacial score (nSPS) is 14.0. The van der Waals surface area contributed by atoms with Gasteiger partial charge in [0.05, 0.1) is 11.4 Å². The highest BCUT2D eigenvalue weighted by Crippen LogP contribution is 2.54. The molecule has 0 spiro atoms. The molecule has 0 saturated heterocycles. The molecule has 0 unspecified atom stereocenters. The van der Waals surface area contributed by atoms with Crippen LogP contribution in [0.2, 0.25) is 0 Å². The monoisotopic (exact) mass is 872 g/mol. The average molecular weight is 873 g/mol. The van der Waals surface area contributed by atoms with E-state index in [0.717, 1.165) is 51.7 Å². The summed E-state index contributed by atoms with van der Waals surface area (Å²) in [6.45, 7) is 18.5. The highest BCUT2D eigenvalue weighted by atomic mass is 32.1. The Bertz CT molecular complexity index is 3580. The number of para-hydroxylation sites is 1. The van der Waals surface area contributed by atoms with Crippen molar-refractivity contribution >= 4 is 89.3 Å². The van der Waals surface area contributed by atoms with Gasteiger partial charge in [0.25, 0.3) is 0 Å². The minimum atomic E-state index is -0.209. The van der Waals surface area contributed by atoms with Gasteiger partial charge in [-0.05, 0) is 115 Å². The number of hydrogen-bond donors (Lipinski definition) is 1. The SMILES string of the molecule is CC(C)(C)c1ccc(Nc2cc3c(cc2-c2c4c(cc5c2oc2ccccc25)N(c2ccc(C(C)(C)C)cc2-c2ccccc2)c2c(sc5ccccc25)B4)C(C)(C)c2ccccc2-3)cc1. The lowest BCUT2D eigenvalue weighted by Gasteiger charge is -2.35. The zero-order valence-corrected chi connectivity index (χ0v) is 39.9. The molecule has 3 nitrogen and oxygen atoms in total. The molecule has 0 amide bonds. The van der Waals surface area contributed by atoms with E-state index in [0.29, 0.717) is 0 Å². The molecule has 0 bridgehead atoms. The van der Waals surface area contributed by atoms with Crippen molar-refractivity contribution in [3.8, 4) is 33.4 Å². The van der Waals surface area contributed by atoms with Crippen LogP contribution in [0.5, 0.6) is 0 Å². The molecular weight excluding hydrogens is 820 g/mol. The van der Waals surface area contributed by atoms with Crippen molar-refractivity contribution < 1.29 is 4.42 Å². The second kappa shape index (κ2) is 14.6. The Morgan fingerprint density at radius 3 is 2.02 bits per heavy atom. The van der Waals surface area contributed by atoms with Crippen molar-refractivity contribution in [2.45, 2.75) is 71.6 Å². The van der Waals surface area contributed by atoms with Crippen molar-refractivity contribution in [3.63, 3.8) is 0 Å². The van der Waals surface area contributed by atoms with Gasteiger partial charge in [-0.25, -0.2) is 0 Å². The van der Waals surface area contributed by atoms with Crippen LogP contribution in [0, 0.1) is 0 Å². The third kappa shape index (κ3) is 6.31. The van der Waals surface area contributed by atoms with E-state index >= 15 is 0 Å². The maximum atomic E-state index is 7.19. The summed E-state index contributed by atoms with van der Waals surface area (Å²) in [6, 6.07) is 61.0. The summed E-state index contributed by atoms with van der Waals surface area (Å²) in [5, 5.41) is 7.53. The predicted molar refractivity (Wildman–Crippen MR) is 286 cm³/mol. The Balaban J connectivity index is 1.20. The summed E-state index contributed by atoms with van der Waals surface area (Å²) >= 11 is 1.92. The Morgan fingerprint density at radius 1 is 0.561 bits per heavy atom. The first-order valence-corrected chi connectivity index (χ1v) is 24.2. The number of fused-ring (bicyclic) bond motifs is 10. The minimum absolute atomic E-state index is 0.0331. The van der Waals surface area contributed by atoms with Gasteiger partial charge in [-0.3, -0.25) is 0 Å². The molecule has 3 heterocycles. The maximum absolute atomic E-state index is 7.19. The molecule has 1 aliphatic carbocycles. The van der Waals surface area contributed by atoms with Crippen LogP contribution in [0.25, 0.3) is 65.4 Å². The summed E-state index contributed by atoms with van der Waals surface area (Å²) in [5.74, 6) is 0. The van der Waals surface area contributed by atoms with Gasteiger partial charge in [0.1, 0.15) is 11.2 Å². The molecular formula is C61H53BN2OS. The predicted octanol–water partition coefficient (Wildman–Crippen LogP) is 16.0. The molecule has 1 N–H and O–H groups in total. The Kier molecular flexibility index (Phi) is 8.99. The zero-order valence-electron chi connectivity index (χ0n) is 39.1. The third-order valence-electron chi connectivity index (χ3n) is 14.4. The van der Waals surface area contributed by atoms with Gasteiger partial charge in [-0.2, -0.15) is 0 Å². The van der Waals surface area contributed by atoms with Crippen LogP contribution >= 0.6 is 11.3 Å². The van der Waals surface area contributed by atoms with Gasteiger partial charge in [-0.15, -0.1) is 11.3 Å². The van der Waals surface area contributed by atoms with Crippen LogP contribution in [0.1, 0.15) is 77.6 Å². The molecule has 0 radical (unpaired) electrons.